The molecule has 10 heteroatoms. The molecule has 0 atom stereocenters. The molecular weight excluding hydrogens is 436 g/mol. The summed E-state index contributed by atoms with van der Waals surface area (Å²) in [5, 5.41) is 11.0. The number of benzene rings is 1. The molecule has 0 unspecified atom stereocenters. The van der Waals surface area contributed by atoms with E-state index in [1.807, 2.05) is 7.05 Å². The number of hydrogen-bond acceptors (Lipinski definition) is 7. The number of aromatic nitrogens is 4. The molecule has 2 aromatic heterocycles. The summed E-state index contributed by atoms with van der Waals surface area (Å²) < 4.78 is 12.1. The first kappa shape index (κ1) is 23.9. The van der Waals surface area contributed by atoms with Gasteiger partial charge in [-0.3, -0.25) is 9.59 Å². The van der Waals surface area contributed by atoms with Crippen LogP contribution in [-0.4, -0.2) is 59.6 Å². The zero-order valence-corrected chi connectivity index (χ0v) is 19.7. The zero-order valence-electron chi connectivity index (χ0n) is 19.7. The van der Waals surface area contributed by atoms with Crippen molar-refractivity contribution in [2.24, 2.45) is 7.05 Å². The molecule has 0 bridgehead atoms. The van der Waals surface area contributed by atoms with Gasteiger partial charge in [0.25, 0.3) is 5.56 Å². The van der Waals surface area contributed by atoms with E-state index < -0.39 is 0 Å². The number of anilines is 1. The molecule has 3 aromatic rings. The van der Waals surface area contributed by atoms with Crippen LogP contribution in [0.2, 0.25) is 0 Å². The summed E-state index contributed by atoms with van der Waals surface area (Å²) in [6, 6.07) is 5.17. The summed E-state index contributed by atoms with van der Waals surface area (Å²) in [7, 11) is 3.35. The molecule has 3 heterocycles. The van der Waals surface area contributed by atoms with Crippen LogP contribution in [0.1, 0.15) is 43.7 Å². The Labute approximate surface area is 198 Å². The van der Waals surface area contributed by atoms with Gasteiger partial charge in [0.05, 0.1) is 31.6 Å². The third-order valence-corrected chi connectivity index (χ3v) is 6.24. The zero-order chi connectivity index (χ0) is 23.9. The largest absolute Gasteiger partial charge is 0.496 e. The normalized spacial score (nSPS) is 16.5. The molecule has 3 N–H and O–H groups in total. The predicted molar refractivity (Wildman–Crippen MR) is 130 cm³/mol. The Morgan fingerprint density at radius 1 is 1.21 bits per heavy atom. The molecule has 1 aromatic carbocycles. The minimum absolute atomic E-state index is 0.189. The molecule has 10 nitrogen and oxygen atoms in total. The van der Waals surface area contributed by atoms with E-state index in [4.69, 9.17) is 9.47 Å². The highest BCUT2D eigenvalue weighted by Gasteiger charge is 2.25. The van der Waals surface area contributed by atoms with E-state index in [9.17, 15) is 9.59 Å². The van der Waals surface area contributed by atoms with Gasteiger partial charge in [-0.15, -0.1) is 0 Å². The summed E-state index contributed by atoms with van der Waals surface area (Å²) >= 11 is 0. The number of fused-ring (bicyclic) bond motifs is 1. The van der Waals surface area contributed by atoms with E-state index in [0.29, 0.717) is 46.2 Å². The average molecular weight is 469 g/mol. The van der Waals surface area contributed by atoms with E-state index >= 15 is 0 Å². The second-order valence-corrected chi connectivity index (χ2v) is 8.50. The molecule has 0 spiro atoms. The fourth-order valence-electron chi connectivity index (χ4n) is 4.54. The van der Waals surface area contributed by atoms with Crippen molar-refractivity contribution in [1.82, 2.24) is 25.1 Å². The van der Waals surface area contributed by atoms with Crippen LogP contribution in [0.5, 0.6) is 5.75 Å². The number of aromatic amines is 1. The van der Waals surface area contributed by atoms with Crippen molar-refractivity contribution >= 4 is 23.1 Å². The van der Waals surface area contributed by atoms with Gasteiger partial charge < -0.3 is 25.1 Å². The van der Waals surface area contributed by atoms with Gasteiger partial charge in [0.1, 0.15) is 17.0 Å². The Hall–Kier alpha value is -3.24. The fourth-order valence-corrected chi connectivity index (χ4v) is 4.54. The highest BCUT2D eigenvalue weighted by atomic mass is 16.5. The number of carbonyl (C=O) groups is 1. The first-order valence-corrected chi connectivity index (χ1v) is 11.8. The molecule has 1 aliphatic carbocycles. The first-order valence-electron chi connectivity index (χ1n) is 11.8. The number of aryl methyl sites for hydroxylation is 1. The number of hydrogen-bond donors (Lipinski definition) is 3. The summed E-state index contributed by atoms with van der Waals surface area (Å²) in [6.07, 6.45) is 6.31. The van der Waals surface area contributed by atoms with Gasteiger partial charge in [-0.25, -0.2) is 9.67 Å². The maximum Gasteiger partial charge on any atom is 0.262 e. The highest BCUT2D eigenvalue weighted by molar-refractivity contribution is 5.81. The van der Waals surface area contributed by atoms with Crippen molar-refractivity contribution in [3.05, 3.63) is 34.2 Å². The molecule has 1 aliphatic heterocycles. The highest BCUT2D eigenvalue weighted by Crippen LogP contribution is 2.35. The molecule has 0 radical (unpaired) electrons. The van der Waals surface area contributed by atoms with Crippen LogP contribution >= 0.6 is 0 Å². The number of methoxy groups -OCH3 is 1. The number of carbonyl (C=O) groups excluding carboxylic acids is 1. The molecule has 182 valence electrons. The van der Waals surface area contributed by atoms with Gasteiger partial charge in [0.2, 0.25) is 6.41 Å². The Morgan fingerprint density at radius 3 is 2.59 bits per heavy atom. The van der Waals surface area contributed by atoms with E-state index in [0.717, 1.165) is 44.8 Å². The quantitative estimate of drug-likeness (QED) is 0.492. The number of ether oxygens (including phenoxy) is 2. The van der Waals surface area contributed by atoms with E-state index in [2.05, 4.69) is 25.7 Å². The lowest BCUT2D eigenvalue weighted by molar-refractivity contribution is -0.105. The standard InChI is InChI=1S/C20H23N5O3.C4H9NO/c1-25-19-16(17(24-25)12-6-4-3-5-7-12)20(27)23-18(22-19)14-9-8-13(21-11-26)10-15(14)28-2;1-3-6-4-2-5-1/h8-12H,3-7H2,1-2H3,(H,21,26)(H,22,23,27);5H,1-4H2. The topological polar surface area (TPSA) is 123 Å². The van der Waals surface area contributed by atoms with Gasteiger partial charge in [0, 0.05) is 37.8 Å². The van der Waals surface area contributed by atoms with Crippen molar-refractivity contribution in [2.75, 3.05) is 38.7 Å². The van der Waals surface area contributed by atoms with E-state index in [-0.39, 0.29) is 5.56 Å². The van der Waals surface area contributed by atoms with Gasteiger partial charge in [-0.05, 0) is 25.0 Å². The number of nitrogens with one attached hydrogen (secondary N) is 3. The predicted octanol–water partition coefficient (Wildman–Crippen LogP) is 2.55. The van der Waals surface area contributed by atoms with Crippen molar-refractivity contribution in [1.29, 1.82) is 0 Å². The Balaban J connectivity index is 0.000000398. The maximum absolute atomic E-state index is 13.0. The number of amides is 1. The molecule has 5 rings (SSSR count). The van der Waals surface area contributed by atoms with Gasteiger partial charge in [-0.1, -0.05) is 19.3 Å². The monoisotopic (exact) mass is 468 g/mol. The summed E-state index contributed by atoms with van der Waals surface area (Å²) in [4.78, 5) is 31.2. The number of nitrogens with zero attached hydrogens (tertiary/aromatic N) is 3. The SMILES string of the molecule is C1COCCN1.COc1cc(NC=O)ccc1-c1nc2c(c(C3CCCCC3)nn2C)c(=O)[nH]1. The van der Waals surface area contributed by atoms with Crippen molar-refractivity contribution in [3.63, 3.8) is 0 Å². The van der Waals surface area contributed by atoms with Crippen LogP contribution in [0.4, 0.5) is 5.69 Å². The summed E-state index contributed by atoms with van der Waals surface area (Å²) in [5.41, 5.74) is 2.47. The lowest BCUT2D eigenvalue weighted by Crippen LogP contribution is -2.30. The van der Waals surface area contributed by atoms with E-state index in [1.54, 1.807) is 22.9 Å². The van der Waals surface area contributed by atoms with E-state index in [1.165, 1.54) is 26.4 Å². The molecule has 2 aliphatic rings. The minimum atomic E-state index is -0.189. The second kappa shape index (κ2) is 11.3. The minimum Gasteiger partial charge on any atom is -0.496 e. The van der Waals surface area contributed by atoms with Crippen molar-refractivity contribution < 1.29 is 14.3 Å². The van der Waals surface area contributed by atoms with Gasteiger partial charge in [-0.2, -0.15) is 5.10 Å². The van der Waals surface area contributed by atoms with Crippen LogP contribution in [0.3, 0.4) is 0 Å². The summed E-state index contributed by atoms with van der Waals surface area (Å²) in [6.45, 7) is 3.83. The summed E-state index contributed by atoms with van der Waals surface area (Å²) in [5.74, 6) is 1.23. The molecular formula is C24H32N6O4. The Bertz CT molecular complexity index is 1170. The second-order valence-electron chi connectivity index (χ2n) is 8.50. The number of rotatable bonds is 5. The molecule has 1 amide bonds. The lowest BCUT2D eigenvalue weighted by Gasteiger charge is -2.19. The smallest absolute Gasteiger partial charge is 0.262 e. The van der Waals surface area contributed by atoms with Gasteiger partial charge in [0.15, 0.2) is 5.65 Å². The molecule has 2 fully saturated rings. The van der Waals surface area contributed by atoms with Crippen molar-refractivity contribution in [3.8, 4) is 17.1 Å². The third kappa shape index (κ3) is 5.28. The molecule has 34 heavy (non-hydrogen) atoms. The average Bonchev–Trinajstić information content (AvgIpc) is 3.23. The Kier molecular flexibility index (Phi) is 7.91. The lowest BCUT2D eigenvalue weighted by atomic mass is 9.86. The van der Waals surface area contributed by atoms with Crippen molar-refractivity contribution in [2.45, 2.75) is 38.0 Å². The first-order chi connectivity index (χ1) is 16.6. The van der Waals surface area contributed by atoms with Crippen LogP contribution in [0.25, 0.3) is 22.4 Å². The van der Waals surface area contributed by atoms with Crippen LogP contribution in [0.15, 0.2) is 23.0 Å². The third-order valence-electron chi connectivity index (χ3n) is 6.24. The fraction of sp³-hybridized carbons (Fsp3) is 0.500. The maximum atomic E-state index is 13.0. The van der Waals surface area contributed by atoms with Gasteiger partial charge >= 0.3 is 0 Å². The van der Waals surface area contributed by atoms with Crippen LogP contribution < -0.4 is 20.9 Å². The van der Waals surface area contributed by atoms with Crippen LogP contribution in [-0.2, 0) is 16.6 Å². The Morgan fingerprint density at radius 2 is 1.97 bits per heavy atom. The van der Waals surface area contributed by atoms with Crippen LogP contribution in [0, 0.1) is 0 Å². The molecule has 1 saturated heterocycles. The molecule has 1 saturated carbocycles. The number of H-pyrrole nitrogens is 1. The number of morpholine rings is 1.